The number of aliphatic hydroxyl groups is 1. The van der Waals surface area contributed by atoms with Gasteiger partial charge in [0, 0.05) is 25.7 Å². The first-order valence-electron chi connectivity index (χ1n) is 37.0. The number of hydrogen-bond acceptors (Lipinski definition) is 15. The minimum Gasteiger partial charge on any atom is -0.462 e. The molecule has 0 heterocycles. The SMILES string of the molecule is CCCCCCCCCCCCCCCCCC(=O)OC[C@H](COP(=O)(O)OC[C@@H](O)COP(=O)(O)OC[C@@H](COC(=O)CCCCCCC)OC(=O)CCCCCCCCCCCCC(C)CC)OC(=O)CCCCCCCCCCCCCCCC(C)C. The zero-order chi connectivity index (χ0) is 66.5. The van der Waals surface area contributed by atoms with Crippen LogP contribution in [0.3, 0.4) is 0 Å². The number of carbonyl (C=O) groups excluding carboxylic acids is 4. The number of unbranched alkanes of at least 4 members (excludes halogenated alkanes) is 39. The Hall–Kier alpha value is -1.94. The summed E-state index contributed by atoms with van der Waals surface area (Å²) < 4.78 is 68.1. The molecule has 6 atom stereocenters. The second-order valence-electron chi connectivity index (χ2n) is 26.3. The van der Waals surface area contributed by atoms with Gasteiger partial charge in [-0.2, -0.15) is 0 Å². The van der Waals surface area contributed by atoms with Crippen molar-refractivity contribution in [1.82, 2.24) is 0 Å². The number of esters is 4. The van der Waals surface area contributed by atoms with Crippen LogP contribution in [0.4, 0.5) is 0 Å². The van der Waals surface area contributed by atoms with Gasteiger partial charge in [-0.1, -0.05) is 311 Å². The molecule has 0 amide bonds. The molecule has 0 aromatic rings. The van der Waals surface area contributed by atoms with E-state index < -0.39 is 97.5 Å². The molecule has 3 N–H and O–H groups in total. The van der Waals surface area contributed by atoms with Crippen LogP contribution in [0.15, 0.2) is 0 Å². The van der Waals surface area contributed by atoms with E-state index in [2.05, 4.69) is 41.5 Å². The van der Waals surface area contributed by atoms with Gasteiger partial charge in [0.25, 0.3) is 0 Å². The number of aliphatic hydroxyl groups excluding tert-OH is 1. The third kappa shape index (κ3) is 63.5. The Bertz CT molecular complexity index is 1750. The molecule has 0 aliphatic carbocycles. The molecule has 0 rings (SSSR count). The molecule has 0 fully saturated rings. The van der Waals surface area contributed by atoms with Crippen LogP contribution in [0.1, 0.15) is 363 Å². The topological polar surface area (TPSA) is 237 Å². The molecule has 0 saturated heterocycles. The standard InChI is InChI=1S/C71H138O17P2/c1-7-10-12-14-15-16-17-18-19-22-25-31-36-42-48-54-69(74)82-60-67(88-71(76)55-49-43-37-32-26-23-20-21-24-29-34-40-45-51-63(4)5)62-86-90(79,80)84-58-65(72)57-83-89(77,78)85-61-66(59-81-68(73)53-47-39-13-11-8-2)87-70(75)56-50-44-38-33-28-27-30-35-41-46-52-64(6)9-3/h63-67,72H,7-62H2,1-6H3,(H,77,78)(H,79,80)/t64?,65-,66+,67+/m0/s1. The second-order valence-corrected chi connectivity index (χ2v) is 29.3. The number of ether oxygens (including phenoxy) is 4. The molecular formula is C71H138O17P2. The summed E-state index contributed by atoms with van der Waals surface area (Å²) in [5.74, 6) is -0.542. The lowest BCUT2D eigenvalue weighted by atomic mass is 9.99. The Morgan fingerprint density at radius 3 is 0.844 bits per heavy atom. The maximum atomic E-state index is 13.0. The molecule has 19 heteroatoms. The molecular weight excluding hydrogens is 1190 g/mol. The quantitative estimate of drug-likeness (QED) is 0.0222. The van der Waals surface area contributed by atoms with E-state index in [0.29, 0.717) is 25.7 Å². The highest BCUT2D eigenvalue weighted by Gasteiger charge is 2.30. The van der Waals surface area contributed by atoms with Crippen LogP contribution in [0.25, 0.3) is 0 Å². The Labute approximate surface area is 549 Å². The molecule has 0 aromatic carbocycles. The van der Waals surface area contributed by atoms with Gasteiger partial charge in [0.2, 0.25) is 0 Å². The van der Waals surface area contributed by atoms with Crippen LogP contribution in [-0.2, 0) is 65.4 Å². The van der Waals surface area contributed by atoms with Gasteiger partial charge in [-0.25, -0.2) is 9.13 Å². The van der Waals surface area contributed by atoms with E-state index in [1.165, 1.54) is 173 Å². The molecule has 90 heavy (non-hydrogen) atoms. The Morgan fingerprint density at radius 1 is 0.322 bits per heavy atom. The molecule has 0 saturated carbocycles. The zero-order valence-corrected chi connectivity index (χ0v) is 60.2. The predicted octanol–water partition coefficient (Wildman–Crippen LogP) is 20.4. The average Bonchev–Trinajstić information content (AvgIpc) is 2.66. The summed E-state index contributed by atoms with van der Waals surface area (Å²) in [4.78, 5) is 72.3. The van der Waals surface area contributed by atoms with E-state index in [-0.39, 0.29) is 25.7 Å². The minimum atomic E-state index is -4.95. The summed E-state index contributed by atoms with van der Waals surface area (Å²) in [6.45, 7) is 9.51. The summed E-state index contributed by atoms with van der Waals surface area (Å²) in [5, 5.41) is 10.6. The third-order valence-corrected chi connectivity index (χ3v) is 18.7. The molecule has 3 unspecified atom stereocenters. The van der Waals surface area contributed by atoms with E-state index in [9.17, 15) is 43.2 Å². The fourth-order valence-electron chi connectivity index (χ4n) is 10.7. The molecule has 0 spiro atoms. The lowest BCUT2D eigenvalue weighted by Gasteiger charge is -2.21. The number of phosphoric ester groups is 2. The highest BCUT2D eigenvalue weighted by Crippen LogP contribution is 2.45. The summed E-state index contributed by atoms with van der Waals surface area (Å²) in [6, 6.07) is 0. The zero-order valence-electron chi connectivity index (χ0n) is 58.4. The van der Waals surface area contributed by atoms with E-state index in [0.717, 1.165) is 108 Å². The van der Waals surface area contributed by atoms with E-state index in [1.807, 2.05) is 0 Å². The molecule has 534 valence electrons. The van der Waals surface area contributed by atoms with Gasteiger partial charge in [-0.15, -0.1) is 0 Å². The first-order valence-corrected chi connectivity index (χ1v) is 40.0. The molecule has 0 aliphatic rings. The van der Waals surface area contributed by atoms with Gasteiger partial charge in [0.15, 0.2) is 12.2 Å². The highest BCUT2D eigenvalue weighted by atomic mass is 31.2. The molecule has 0 aliphatic heterocycles. The van der Waals surface area contributed by atoms with Crippen LogP contribution in [0, 0.1) is 11.8 Å². The van der Waals surface area contributed by atoms with Gasteiger partial charge < -0.3 is 33.8 Å². The van der Waals surface area contributed by atoms with Crippen LogP contribution >= 0.6 is 15.6 Å². The summed E-state index contributed by atoms with van der Waals surface area (Å²) >= 11 is 0. The van der Waals surface area contributed by atoms with Crippen LogP contribution in [0.5, 0.6) is 0 Å². The van der Waals surface area contributed by atoms with Crippen LogP contribution < -0.4 is 0 Å². The first kappa shape index (κ1) is 88.1. The maximum absolute atomic E-state index is 13.0. The molecule has 0 aromatic heterocycles. The normalized spacial score (nSPS) is 14.4. The minimum absolute atomic E-state index is 0.105. The molecule has 0 radical (unpaired) electrons. The molecule has 0 bridgehead atoms. The second kappa shape index (κ2) is 63.1. The van der Waals surface area contributed by atoms with Gasteiger partial charge in [-0.3, -0.25) is 37.3 Å². The van der Waals surface area contributed by atoms with Crippen molar-refractivity contribution in [2.45, 2.75) is 381 Å². The van der Waals surface area contributed by atoms with Crippen molar-refractivity contribution in [2.24, 2.45) is 11.8 Å². The van der Waals surface area contributed by atoms with Crippen molar-refractivity contribution in [3.05, 3.63) is 0 Å². The number of carbonyl (C=O) groups is 4. The maximum Gasteiger partial charge on any atom is 0.472 e. The highest BCUT2D eigenvalue weighted by molar-refractivity contribution is 7.47. The van der Waals surface area contributed by atoms with Gasteiger partial charge >= 0.3 is 39.5 Å². The van der Waals surface area contributed by atoms with Crippen molar-refractivity contribution >= 4 is 39.5 Å². The lowest BCUT2D eigenvalue weighted by Crippen LogP contribution is -2.30. The number of hydrogen-bond donors (Lipinski definition) is 3. The van der Waals surface area contributed by atoms with E-state index >= 15 is 0 Å². The lowest BCUT2D eigenvalue weighted by molar-refractivity contribution is -0.161. The number of phosphoric acid groups is 2. The fraction of sp³-hybridized carbons (Fsp3) is 0.944. The van der Waals surface area contributed by atoms with Crippen molar-refractivity contribution in [2.75, 3.05) is 39.6 Å². The largest absolute Gasteiger partial charge is 0.472 e. The van der Waals surface area contributed by atoms with Crippen molar-refractivity contribution in [1.29, 1.82) is 0 Å². The van der Waals surface area contributed by atoms with Crippen molar-refractivity contribution in [3.63, 3.8) is 0 Å². The summed E-state index contributed by atoms with van der Waals surface area (Å²) in [7, 11) is -9.89. The van der Waals surface area contributed by atoms with Gasteiger partial charge in [0.1, 0.15) is 19.3 Å². The Kier molecular flexibility index (Phi) is 61.8. The summed E-state index contributed by atoms with van der Waals surface area (Å²) in [5.41, 5.74) is 0. The van der Waals surface area contributed by atoms with Gasteiger partial charge in [0.05, 0.1) is 26.4 Å². The fourth-order valence-corrected chi connectivity index (χ4v) is 12.3. The Balaban J connectivity index is 5.16. The number of rotatable bonds is 70. The Morgan fingerprint density at radius 2 is 0.567 bits per heavy atom. The average molecular weight is 1330 g/mol. The van der Waals surface area contributed by atoms with Gasteiger partial charge in [-0.05, 0) is 37.5 Å². The smallest absolute Gasteiger partial charge is 0.462 e. The predicted molar refractivity (Wildman–Crippen MR) is 363 cm³/mol. The third-order valence-electron chi connectivity index (χ3n) is 16.8. The van der Waals surface area contributed by atoms with Crippen LogP contribution in [0.2, 0.25) is 0 Å². The first-order chi connectivity index (χ1) is 43.4. The van der Waals surface area contributed by atoms with E-state index in [1.54, 1.807) is 0 Å². The van der Waals surface area contributed by atoms with Crippen molar-refractivity contribution < 1.29 is 80.2 Å². The molecule has 17 nitrogen and oxygen atoms in total. The monoisotopic (exact) mass is 1320 g/mol. The van der Waals surface area contributed by atoms with Crippen molar-refractivity contribution in [3.8, 4) is 0 Å². The van der Waals surface area contributed by atoms with Crippen LogP contribution in [-0.4, -0.2) is 96.7 Å². The van der Waals surface area contributed by atoms with E-state index in [4.69, 9.17) is 37.0 Å². The summed E-state index contributed by atoms with van der Waals surface area (Å²) in [6.07, 6.45) is 48.8.